The van der Waals surface area contributed by atoms with Crippen molar-refractivity contribution in [1.82, 2.24) is 15.0 Å². The van der Waals surface area contributed by atoms with Crippen LogP contribution in [0.2, 0.25) is 0 Å². The molecule has 18 heavy (non-hydrogen) atoms. The predicted molar refractivity (Wildman–Crippen MR) is 62.6 cm³/mol. The van der Waals surface area contributed by atoms with Crippen LogP contribution in [0, 0.1) is 0 Å². The Morgan fingerprint density at radius 3 is 2.50 bits per heavy atom. The van der Waals surface area contributed by atoms with Crippen LogP contribution in [0.15, 0.2) is 30.6 Å². The highest BCUT2D eigenvalue weighted by Crippen LogP contribution is 2.18. The number of anilines is 1. The lowest BCUT2D eigenvalue weighted by molar-refractivity contribution is -0.114. The van der Waals surface area contributed by atoms with Crippen LogP contribution in [-0.2, 0) is 4.79 Å². The van der Waals surface area contributed by atoms with Crippen LogP contribution < -0.4 is 5.32 Å². The summed E-state index contributed by atoms with van der Waals surface area (Å²) in [6, 6.07) is 4.49. The monoisotopic (exact) mass is 246 g/mol. The lowest BCUT2D eigenvalue weighted by Gasteiger charge is -2.08. The lowest BCUT2D eigenvalue weighted by atomic mass is 10.1. The molecule has 0 fully saturated rings. The average molecular weight is 246 g/mol. The van der Waals surface area contributed by atoms with E-state index in [0.717, 1.165) is 0 Å². The number of aromatic carboxylic acids is 1. The number of carboxylic acids is 1. The van der Waals surface area contributed by atoms with Crippen LogP contribution in [0.4, 0.5) is 5.69 Å². The average Bonchev–Trinajstić information content (AvgIpc) is 2.81. The molecule has 0 saturated carbocycles. The van der Waals surface area contributed by atoms with Gasteiger partial charge in [0, 0.05) is 12.6 Å². The number of hydrogen-bond acceptors (Lipinski definition) is 4. The second kappa shape index (κ2) is 4.66. The number of rotatable bonds is 3. The Hall–Kier alpha value is -2.70. The number of aromatic nitrogens is 3. The van der Waals surface area contributed by atoms with Crippen molar-refractivity contribution in [3.05, 3.63) is 36.2 Å². The van der Waals surface area contributed by atoms with Crippen molar-refractivity contribution in [3.8, 4) is 5.69 Å². The Balaban J connectivity index is 2.48. The number of nitrogens with zero attached hydrogens (tertiary/aromatic N) is 3. The Kier molecular flexibility index (Phi) is 3.05. The SMILES string of the molecule is CC(=O)Nc1ccc(-n2nccn2)c(C(=O)O)c1. The summed E-state index contributed by atoms with van der Waals surface area (Å²) in [5.41, 5.74) is 0.759. The molecule has 0 saturated heterocycles. The van der Waals surface area contributed by atoms with Gasteiger partial charge in [-0.2, -0.15) is 15.0 Å². The summed E-state index contributed by atoms with van der Waals surface area (Å²) in [6.45, 7) is 1.35. The first-order valence-corrected chi connectivity index (χ1v) is 5.09. The molecule has 2 N–H and O–H groups in total. The van der Waals surface area contributed by atoms with Gasteiger partial charge in [-0.15, -0.1) is 0 Å². The summed E-state index contributed by atoms with van der Waals surface area (Å²) in [7, 11) is 0. The fourth-order valence-electron chi connectivity index (χ4n) is 1.50. The van der Waals surface area contributed by atoms with E-state index in [0.29, 0.717) is 11.4 Å². The molecule has 0 aliphatic heterocycles. The van der Waals surface area contributed by atoms with E-state index >= 15 is 0 Å². The van der Waals surface area contributed by atoms with Crippen LogP contribution in [0.1, 0.15) is 17.3 Å². The molecule has 0 radical (unpaired) electrons. The summed E-state index contributed by atoms with van der Waals surface area (Å²) >= 11 is 0. The quantitative estimate of drug-likeness (QED) is 0.839. The van der Waals surface area contributed by atoms with Gasteiger partial charge < -0.3 is 10.4 Å². The van der Waals surface area contributed by atoms with Gasteiger partial charge in [-0.05, 0) is 18.2 Å². The van der Waals surface area contributed by atoms with Crippen molar-refractivity contribution in [2.24, 2.45) is 0 Å². The number of carboxylic acid groups (broad SMARTS) is 1. The third kappa shape index (κ3) is 2.34. The summed E-state index contributed by atoms with van der Waals surface area (Å²) < 4.78 is 0. The van der Waals surface area contributed by atoms with Gasteiger partial charge in [0.05, 0.1) is 18.0 Å². The predicted octanol–water partition coefficient (Wildman–Crippen LogP) is 0.924. The Morgan fingerprint density at radius 2 is 1.94 bits per heavy atom. The summed E-state index contributed by atoms with van der Waals surface area (Å²) in [5.74, 6) is -1.38. The summed E-state index contributed by atoms with van der Waals surface area (Å²) in [5, 5.41) is 19.4. The lowest BCUT2D eigenvalue weighted by Crippen LogP contribution is -2.11. The zero-order valence-electron chi connectivity index (χ0n) is 9.49. The molecule has 0 aliphatic carbocycles. The van der Waals surface area contributed by atoms with Gasteiger partial charge in [-0.1, -0.05) is 0 Å². The maximum absolute atomic E-state index is 11.2. The molecule has 0 atom stereocenters. The van der Waals surface area contributed by atoms with Crippen LogP contribution in [-0.4, -0.2) is 32.0 Å². The van der Waals surface area contributed by atoms with Crippen molar-refractivity contribution in [1.29, 1.82) is 0 Å². The molecular formula is C11H10N4O3. The van der Waals surface area contributed by atoms with E-state index in [2.05, 4.69) is 15.5 Å². The van der Waals surface area contributed by atoms with Crippen LogP contribution >= 0.6 is 0 Å². The first-order valence-electron chi connectivity index (χ1n) is 5.09. The minimum Gasteiger partial charge on any atom is -0.478 e. The van der Waals surface area contributed by atoms with Crippen LogP contribution in [0.5, 0.6) is 0 Å². The van der Waals surface area contributed by atoms with Gasteiger partial charge in [0.25, 0.3) is 0 Å². The van der Waals surface area contributed by atoms with Crippen molar-refractivity contribution in [2.45, 2.75) is 6.92 Å². The fourth-order valence-corrected chi connectivity index (χ4v) is 1.50. The molecule has 1 aromatic heterocycles. The maximum Gasteiger partial charge on any atom is 0.338 e. The number of benzene rings is 1. The van der Waals surface area contributed by atoms with Crippen molar-refractivity contribution in [2.75, 3.05) is 5.32 Å². The zero-order valence-corrected chi connectivity index (χ0v) is 9.49. The van der Waals surface area contributed by atoms with E-state index in [9.17, 15) is 9.59 Å². The zero-order chi connectivity index (χ0) is 13.1. The molecule has 1 amide bonds. The number of carbonyl (C=O) groups is 2. The highest BCUT2D eigenvalue weighted by atomic mass is 16.4. The van der Waals surface area contributed by atoms with Crippen LogP contribution in [0.25, 0.3) is 5.69 Å². The first kappa shape index (κ1) is 11.8. The van der Waals surface area contributed by atoms with Crippen molar-refractivity contribution < 1.29 is 14.7 Å². The van der Waals surface area contributed by atoms with Crippen molar-refractivity contribution >= 4 is 17.6 Å². The van der Waals surface area contributed by atoms with E-state index in [-0.39, 0.29) is 11.5 Å². The minimum absolute atomic E-state index is 0.0115. The van der Waals surface area contributed by atoms with Crippen molar-refractivity contribution in [3.63, 3.8) is 0 Å². The molecule has 1 aromatic carbocycles. The van der Waals surface area contributed by atoms with Crippen LogP contribution in [0.3, 0.4) is 0 Å². The van der Waals surface area contributed by atoms with E-state index in [4.69, 9.17) is 5.11 Å². The summed E-state index contributed by atoms with van der Waals surface area (Å²) in [4.78, 5) is 23.3. The molecule has 7 heteroatoms. The molecule has 2 aromatic rings. The highest BCUT2D eigenvalue weighted by molar-refractivity contribution is 5.95. The maximum atomic E-state index is 11.2. The summed E-state index contributed by atoms with van der Waals surface area (Å²) in [6.07, 6.45) is 2.90. The van der Waals surface area contributed by atoms with E-state index < -0.39 is 5.97 Å². The van der Waals surface area contributed by atoms with Gasteiger partial charge >= 0.3 is 5.97 Å². The third-order valence-corrected chi connectivity index (χ3v) is 2.18. The van der Waals surface area contributed by atoms with E-state index in [1.165, 1.54) is 36.2 Å². The second-order valence-corrected chi connectivity index (χ2v) is 3.54. The Morgan fingerprint density at radius 1 is 1.28 bits per heavy atom. The Bertz CT molecular complexity index is 592. The van der Waals surface area contributed by atoms with E-state index in [1.807, 2.05) is 0 Å². The van der Waals surface area contributed by atoms with Gasteiger partial charge in [-0.3, -0.25) is 4.79 Å². The molecule has 0 bridgehead atoms. The fraction of sp³-hybridized carbons (Fsp3) is 0.0909. The smallest absolute Gasteiger partial charge is 0.338 e. The Labute approximate surface area is 102 Å². The molecule has 0 spiro atoms. The molecular weight excluding hydrogens is 236 g/mol. The molecule has 2 rings (SSSR count). The number of carbonyl (C=O) groups excluding carboxylic acids is 1. The molecule has 1 heterocycles. The minimum atomic E-state index is -1.12. The number of hydrogen-bond donors (Lipinski definition) is 2. The number of nitrogens with one attached hydrogen (secondary N) is 1. The van der Waals surface area contributed by atoms with Gasteiger partial charge in [0.2, 0.25) is 5.91 Å². The molecule has 0 aliphatic rings. The van der Waals surface area contributed by atoms with Gasteiger partial charge in [0.1, 0.15) is 5.69 Å². The molecule has 7 nitrogen and oxygen atoms in total. The van der Waals surface area contributed by atoms with E-state index in [1.54, 1.807) is 6.07 Å². The number of amides is 1. The third-order valence-electron chi connectivity index (χ3n) is 2.18. The largest absolute Gasteiger partial charge is 0.478 e. The van der Waals surface area contributed by atoms with Gasteiger partial charge in [-0.25, -0.2) is 4.79 Å². The van der Waals surface area contributed by atoms with Gasteiger partial charge in [0.15, 0.2) is 0 Å². The standard InChI is InChI=1S/C11H10N4O3/c1-7(16)14-8-2-3-10(9(6-8)11(17)18)15-12-4-5-13-15/h2-6H,1H3,(H,14,16)(H,17,18). The first-order chi connectivity index (χ1) is 8.58. The normalized spacial score (nSPS) is 10.1. The topological polar surface area (TPSA) is 97.1 Å². The molecule has 0 unspecified atom stereocenters. The second-order valence-electron chi connectivity index (χ2n) is 3.54. The highest BCUT2D eigenvalue weighted by Gasteiger charge is 2.14. The molecule has 92 valence electrons.